The van der Waals surface area contributed by atoms with Crippen LogP contribution in [0.2, 0.25) is 0 Å². The second kappa shape index (κ2) is 17.3. The molecule has 1 radical (unpaired) electrons. The molecule has 0 rings (SSSR count). The summed E-state index contributed by atoms with van der Waals surface area (Å²) < 4.78 is 4.57. The number of hydrogen-bond acceptors (Lipinski definition) is 1. The van der Waals surface area contributed by atoms with Gasteiger partial charge in [0.1, 0.15) is 7.11 Å². The van der Waals surface area contributed by atoms with Crippen molar-refractivity contribution in [3.05, 3.63) is 31.6 Å². The fraction of sp³-hybridized carbons (Fsp3) is 0.722. The molecule has 0 aromatic heterocycles. The molecule has 0 fully saturated rings. The summed E-state index contributed by atoms with van der Waals surface area (Å²) in [4.78, 5) is 0. The first-order valence-corrected chi connectivity index (χ1v) is 8.14. The molecule has 0 saturated carbocycles. The van der Waals surface area contributed by atoms with Crippen molar-refractivity contribution >= 4 is 0 Å². The van der Waals surface area contributed by atoms with E-state index in [1.54, 1.807) is 6.26 Å². The van der Waals surface area contributed by atoms with Crippen molar-refractivity contribution in [3.63, 3.8) is 0 Å². The highest BCUT2D eigenvalue weighted by Crippen LogP contribution is 2.11. The monoisotopic (exact) mass is 265 g/mol. The third-order valence-electron chi connectivity index (χ3n) is 3.40. The summed E-state index contributed by atoms with van der Waals surface area (Å²) in [7, 11) is 3.27. The maximum absolute atomic E-state index is 4.57. The van der Waals surface area contributed by atoms with Crippen molar-refractivity contribution in [2.24, 2.45) is 0 Å². The number of hydrogen-bond donors (Lipinski definition) is 0. The van der Waals surface area contributed by atoms with Crippen LogP contribution in [0.3, 0.4) is 0 Å². The zero-order valence-electron chi connectivity index (χ0n) is 12.9. The van der Waals surface area contributed by atoms with E-state index >= 15 is 0 Å². The fourth-order valence-corrected chi connectivity index (χ4v) is 2.20. The molecule has 0 heterocycles. The van der Waals surface area contributed by atoms with E-state index in [-0.39, 0.29) is 0 Å². The van der Waals surface area contributed by atoms with E-state index in [9.17, 15) is 0 Å². The quantitative estimate of drug-likeness (QED) is 0.196. The Labute approximate surface area is 121 Å². The molecule has 1 nitrogen and oxygen atoms in total. The molecule has 0 aliphatic rings. The van der Waals surface area contributed by atoms with Gasteiger partial charge in [0, 0.05) is 0 Å². The Balaban J connectivity index is 3.02. The fourth-order valence-electron chi connectivity index (χ4n) is 2.20. The van der Waals surface area contributed by atoms with Crippen molar-refractivity contribution in [1.82, 2.24) is 0 Å². The minimum absolute atomic E-state index is 1.18. The maximum Gasteiger partial charge on any atom is 0.121 e. The average molecular weight is 265 g/mol. The maximum atomic E-state index is 4.57. The molecule has 0 amide bonds. The molecule has 19 heavy (non-hydrogen) atoms. The van der Waals surface area contributed by atoms with Gasteiger partial charge in [0.15, 0.2) is 0 Å². The van der Waals surface area contributed by atoms with Crippen LogP contribution < -0.4 is 0 Å². The molecule has 111 valence electrons. The molecule has 0 aromatic carbocycles. The molecule has 0 aliphatic carbocycles. The standard InChI is InChI=1S/C18H33O/c1-3-4-5-6-7-8-9-10-11-12-13-14-15-16-17-18-19-2/h15-18H,2-14H2,1H3/b16-15+,18-17+. The lowest BCUT2D eigenvalue weighted by Crippen LogP contribution is -1.81. The van der Waals surface area contributed by atoms with Gasteiger partial charge in [-0.25, -0.2) is 0 Å². The molecule has 0 N–H and O–H groups in total. The highest BCUT2D eigenvalue weighted by molar-refractivity contribution is 4.99. The van der Waals surface area contributed by atoms with E-state index in [0.29, 0.717) is 0 Å². The van der Waals surface area contributed by atoms with Gasteiger partial charge in [0.2, 0.25) is 0 Å². The van der Waals surface area contributed by atoms with Gasteiger partial charge in [-0.3, -0.25) is 0 Å². The normalized spacial score (nSPS) is 11.7. The summed E-state index contributed by atoms with van der Waals surface area (Å²) in [5.74, 6) is 0. The topological polar surface area (TPSA) is 9.23 Å². The third-order valence-corrected chi connectivity index (χ3v) is 3.40. The van der Waals surface area contributed by atoms with Crippen LogP contribution in [0.15, 0.2) is 24.5 Å². The van der Waals surface area contributed by atoms with Gasteiger partial charge in [0.25, 0.3) is 0 Å². The minimum Gasteiger partial charge on any atom is -0.498 e. The van der Waals surface area contributed by atoms with Gasteiger partial charge >= 0.3 is 0 Å². The van der Waals surface area contributed by atoms with Crippen LogP contribution >= 0.6 is 0 Å². The van der Waals surface area contributed by atoms with Crippen molar-refractivity contribution in [2.45, 2.75) is 84.0 Å². The van der Waals surface area contributed by atoms with E-state index < -0.39 is 0 Å². The molecule has 1 heteroatoms. The Morgan fingerprint density at radius 1 is 0.737 bits per heavy atom. The van der Waals surface area contributed by atoms with Crippen molar-refractivity contribution < 1.29 is 4.74 Å². The van der Waals surface area contributed by atoms with Crippen LogP contribution in [0.5, 0.6) is 0 Å². The summed E-state index contributed by atoms with van der Waals surface area (Å²) >= 11 is 0. The zero-order chi connectivity index (χ0) is 14.0. The predicted molar refractivity (Wildman–Crippen MR) is 85.8 cm³/mol. The number of rotatable bonds is 14. The Morgan fingerprint density at radius 3 is 1.79 bits per heavy atom. The Hall–Kier alpha value is -0.720. The van der Waals surface area contributed by atoms with Gasteiger partial charge in [0.05, 0.1) is 6.26 Å². The second-order valence-corrected chi connectivity index (χ2v) is 5.25. The van der Waals surface area contributed by atoms with Crippen LogP contribution in [0.1, 0.15) is 84.0 Å². The van der Waals surface area contributed by atoms with Crippen LogP contribution in [0, 0.1) is 7.11 Å². The molecule has 0 aromatic rings. The molecule has 0 spiro atoms. The first kappa shape index (κ1) is 18.3. The molecule has 0 saturated heterocycles. The van der Waals surface area contributed by atoms with Gasteiger partial charge in [-0.2, -0.15) is 0 Å². The van der Waals surface area contributed by atoms with Gasteiger partial charge < -0.3 is 4.74 Å². The van der Waals surface area contributed by atoms with Crippen LogP contribution in [0.25, 0.3) is 0 Å². The lowest BCUT2D eigenvalue weighted by Gasteiger charge is -2.01. The Kier molecular flexibility index (Phi) is 16.6. The van der Waals surface area contributed by atoms with Gasteiger partial charge in [-0.1, -0.05) is 83.3 Å². The first-order valence-electron chi connectivity index (χ1n) is 8.14. The summed E-state index contributed by atoms with van der Waals surface area (Å²) in [5.41, 5.74) is 0. The van der Waals surface area contributed by atoms with Crippen molar-refractivity contribution in [2.75, 3.05) is 0 Å². The Bertz CT molecular complexity index is 206. The average Bonchev–Trinajstić information content (AvgIpc) is 2.43. The second-order valence-electron chi connectivity index (χ2n) is 5.25. The molecular formula is C18H33O. The molecular weight excluding hydrogens is 232 g/mol. The minimum atomic E-state index is 1.18. The van der Waals surface area contributed by atoms with Gasteiger partial charge in [-0.15, -0.1) is 0 Å². The summed E-state index contributed by atoms with van der Waals surface area (Å²) in [6.07, 6.45) is 24.4. The SMILES string of the molecule is [CH2]O/C=C/C=C/CCCCCCCCCCCCC. The van der Waals surface area contributed by atoms with E-state index in [1.165, 1.54) is 77.0 Å². The number of unbranched alkanes of at least 4 members (excludes halogenated alkanes) is 11. The van der Waals surface area contributed by atoms with Crippen molar-refractivity contribution in [1.29, 1.82) is 0 Å². The van der Waals surface area contributed by atoms with E-state index in [1.807, 2.05) is 12.2 Å². The summed E-state index contributed by atoms with van der Waals surface area (Å²) in [6, 6.07) is 0. The molecule has 0 unspecified atom stereocenters. The summed E-state index contributed by atoms with van der Waals surface area (Å²) in [6.45, 7) is 2.28. The zero-order valence-corrected chi connectivity index (χ0v) is 12.9. The predicted octanol–water partition coefficient (Wildman–Crippen LogP) is 6.57. The van der Waals surface area contributed by atoms with Crippen molar-refractivity contribution in [3.8, 4) is 0 Å². The smallest absolute Gasteiger partial charge is 0.121 e. The van der Waals surface area contributed by atoms with E-state index in [4.69, 9.17) is 0 Å². The third kappa shape index (κ3) is 17.3. The highest BCUT2D eigenvalue weighted by atomic mass is 16.5. The number of allylic oxidation sites excluding steroid dienone is 3. The largest absolute Gasteiger partial charge is 0.498 e. The van der Waals surface area contributed by atoms with E-state index in [2.05, 4.69) is 24.8 Å². The number of ether oxygens (including phenoxy) is 1. The van der Waals surface area contributed by atoms with Crippen LogP contribution in [-0.2, 0) is 4.74 Å². The van der Waals surface area contributed by atoms with Gasteiger partial charge in [-0.05, 0) is 18.9 Å². The lowest BCUT2D eigenvalue weighted by molar-refractivity contribution is 0.394. The summed E-state index contributed by atoms with van der Waals surface area (Å²) in [5, 5.41) is 0. The molecule has 0 bridgehead atoms. The Morgan fingerprint density at radius 2 is 1.26 bits per heavy atom. The highest BCUT2D eigenvalue weighted by Gasteiger charge is 1.92. The van der Waals surface area contributed by atoms with Crippen LogP contribution in [-0.4, -0.2) is 0 Å². The molecule has 0 atom stereocenters. The lowest BCUT2D eigenvalue weighted by atomic mass is 10.1. The molecule has 0 aliphatic heterocycles. The van der Waals surface area contributed by atoms with E-state index in [0.717, 1.165) is 0 Å². The first-order chi connectivity index (χ1) is 9.41. The van der Waals surface area contributed by atoms with Crippen LogP contribution in [0.4, 0.5) is 0 Å².